The van der Waals surface area contributed by atoms with E-state index < -0.39 is 0 Å². The summed E-state index contributed by atoms with van der Waals surface area (Å²) in [6, 6.07) is 7.15. The van der Waals surface area contributed by atoms with Gasteiger partial charge >= 0.3 is 0 Å². The Balaban J connectivity index is 2.39. The number of hydrogen-bond acceptors (Lipinski definition) is 4. The maximum Gasteiger partial charge on any atom is 0.234 e. The first-order valence-electron chi connectivity index (χ1n) is 4.05. The number of methoxy groups -OCH3 is 1. The van der Waals surface area contributed by atoms with E-state index >= 15 is 0 Å². The summed E-state index contributed by atoms with van der Waals surface area (Å²) in [6.07, 6.45) is 1.28. The fraction of sp³-hybridized carbons (Fsp3) is 0.111. The van der Waals surface area contributed by atoms with Crippen LogP contribution >= 0.6 is 0 Å². The van der Waals surface area contributed by atoms with E-state index in [9.17, 15) is 5.11 Å². The quantitative estimate of drug-likeness (QED) is 0.768. The van der Waals surface area contributed by atoms with Crippen molar-refractivity contribution in [2.24, 2.45) is 0 Å². The van der Waals surface area contributed by atoms with Crippen LogP contribution in [-0.2, 0) is 0 Å². The van der Waals surface area contributed by atoms with E-state index in [0.717, 1.165) is 11.4 Å². The molecule has 0 atom stereocenters. The molecule has 0 fully saturated rings. The van der Waals surface area contributed by atoms with Crippen molar-refractivity contribution in [2.75, 3.05) is 7.11 Å². The number of benzene rings is 1. The fourth-order valence-electron chi connectivity index (χ4n) is 1.14. The van der Waals surface area contributed by atoms with Crippen molar-refractivity contribution < 1.29 is 9.84 Å². The van der Waals surface area contributed by atoms with Crippen LogP contribution in [0.3, 0.4) is 0 Å². The summed E-state index contributed by atoms with van der Waals surface area (Å²) in [5, 5.41) is 16.6. The van der Waals surface area contributed by atoms with Gasteiger partial charge in [0.05, 0.1) is 12.8 Å². The van der Waals surface area contributed by atoms with Crippen LogP contribution < -0.4 is 4.74 Å². The number of aromatic nitrogens is 3. The summed E-state index contributed by atoms with van der Waals surface area (Å²) in [7, 11) is 1.60. The minimum absolute atomic E-state index is 0.00941. The second kappa shape index (κ2) is 3.37. The molecule has 1 heterocycles. The Labute approximate surface area is 80.6 Å². The number of rotatable bonds is 2. The third kappa shape index (κ3) is 1.39. The lowest BCUT2D eigenvalue weighted by atomic mass is 10.3. The predicted octanol–water partition coefficient (Wildman–Crippen LogP) is 0.981. The second-order valence-electron chi connectivity index (χ2n) is 2.70. The van der Waals surface area contributed by atoms with Gasteiger partial charge < -0.3 is 9.84 Å². The van der Waals surface area contributed by atoms with Crippen molar-refractivity contribution in [3.8, 4) is 17.3 Å². The first kappa shape index (κ1) is 8.55. The molecule has 0 aliphatic carbocycles. The van der Waals surface area contributed by atoms with E-state index in [2.05, 4.69) is 10.3 Å². The molecule has 14 heavy (non-hydrogen) atoms. The van der Waals surface area contributed by atoms with Crippen molar-refractivity contribution in [2.45, 2.75) is 0 Å². The van der Waals surface area contributed by atoms with Gasteiger partial charge in [-0.2, -0.15) is 4.68 Å². The Morgan fingerprint density at radius 1 is 1.29 bits per heavy atom. The number of aromatic hydroxyl groups is 1. The average molecular weight is 191 g/mol. The molecule has 5 heteroatoms. The molecule has 2 rings (SSSR count). The Hall–Kier alpha value is -2.04. The molecule has 72 valence electrons. The largest absolute Gasteiger partial charge is 0.497 e. The van der Waals surface area contributed by atoms with Crippen LogP contribution in [0.2, 0.25) is 0 Å². The Bertz CT molecular complexity index is 422. The minimum atomic E-state index is 0.00941. The zero-order chi connectivity index (χ0) is 9.97. The SMILES string of the molecule is COc1ccc(-n2nncc2O)cc1. The molecule has 0 radical (unpaired) electrons. The summed E-state index contributed by atoms with van der Waals surface area (Å²) in [5.41, 5.74) is 0.737. The van der Waals surface area contributed by atoms with Crippen molar-refractivity contribution >= 4 is 0 Å². The normalized spacial score (nSPS) is 10.1. The highest BCUT2D eigenvalue weighted by atomic mass is 16.5. The molecular formula is C9H9N3O2. The lowest BCUT2D eigenvalue weighted by Crippen LogP contribution is -1.95. The maximum atomic E-state index is 9.34. The zero-order valence-electron chi connectivity index (χ0n) is 7.58. The number of ether oxygens (including phenoxy) is 1. The van der Waals surface area contributed by atoms with Crippen LogP contribution in [0.5, 0.6) is 11.6 Å². The van der Waals surface area contributed by atoms with Gasteiger partial charge in [-0.1, -0.05) is 5.21 Å². The molecule has 0 spiro atoms. The molecule has 1 aromatic carbocycles. The molecule has 0 aliphatic rings. The summed E-state index contributed by atoms with van der Waals surface area (Å²) >= 11 is 0. The molecule has 0 bridgehead atoms. The number of nitrogens with zero attached hydrogens (tertiary/aromatic N) is 3. The van der Waals surface area contributed by atoms with E-state index in [-0.39, 0.29) is 5.88 Å². The third-order valence-electron chi connectivity index (χ3n) is 1.85. The van der Waals surface area contributed by atoms with E-state index in [4.69, 9.17) is 4.74 Å². The fourth-order valence-corrected chi connectivity index (χ4v) is 1.14. The Morgan fingerprint density at radius 2 is 2.00 bits per heavy atom. The molecular weight excluding hydrogens is 182 g/mol. The number of hydrogen-bond donors (Lipinski definition) is 1. The third-order valence-corrected chi connectivity index (χ3v) is 1.85. The molecule has 0 aliphatic heterocycles. The highest BCUT2D eigenvalue weighted by Gasteiger charge is 2.03. The first-order chi connectivity index (χ1) is 6.81. The van der Waals surface area contributed by atoms with E-state index in [1.54, 1.807) is 31.4 Å². The molecule has 1 N–H and O–H groups in total. The highest BCUT2D eigenvalue weighted by molar-refractivity contribution is 5.38. The van der Waals surface area contributed by atoms with Crippen molar-refractivity contribution in [3.63, 3.8) is 0 Å². The minimum Gasteiger partial charge on any atom is -0.497 e. The topological polar surface area (TPSA) is 60.2 Å². The van der Waals surface area contributed by atoms with Crippen LogP contribution in [0.25, 0.3) is 5.69 Å². The van der Waals surface area contributed by atoms with Gasteiger partial charge in [0.1, 0.15) is 11.9 Å². The molecule has 0 unspecified atom stereocenters. The van der Waals surface area contributed by atoms with E-state index in [1.165, 1.54) is 10.9 Å². The lowest BCUT2D eigenvalue weighted by Gasteiger charge is -2.02. The van der Waals surface area contributed by atoms with Crippen molar-refractivity contribution in [3.05, 3.63) is 30.5 Å². The first-order valence-corrected chi connectivity index (χ1v) is 4.05. The molecule has 0 amide bonds. The van der Waals surface area contributed by atoms with Gasteiger partial charge in [0.25, 0.3) is 0 Å². The van der Waals surface area contributed by atoms with Gasteiger partial charge in [-0.05, 0) is 24.3 Å². The molecule has 0 saturated carbocycles. The standard InChI is InChI=1S/C9H9N3O2/c1-14-8-4-2-7(3-5-8)12-9(13)6-10-11-12/h2-6,13H,1H3. The lowest BCUT2D eigenvalue weighted by molar-refractivity contribution is 0.414. The van der Waals surface area contributed by atoms with Crippen LogP contribution in [0, 0.1) is 0 Å². The van der Waals surface area contributed by atoms with Crippen molar-refractivity contribution in [1.82, 2.24) is 15.0 Å². The van der Waals surface area contributed by atoms with Gasteiger partial charge in [-0.3, -0.25) is 0 Å². The van der Waals surface area contributed by atoms with Gasteiger partial charge in [0.15, 0.2) is 0 Å². The summed E-state index contributed by atoms with van der Waals surface area (Å²) in [6.45, 7) is 0. The Morgan fingerprint density at radius 3 is 2.50 bits per heavy atom. The Kier molecular flexibility index (Phi) is 2.06. The van der Waals surface area contributed by atoms with Crippen LogP contribution in [0.15, 0.2) is 30.5 Å². The second-order valence-corrected chi connectivity index (χ2v) is 2.70. The predicted molar refractivity (Wildman–Crippen MR) is 49.6 cm³/mol. The van der Waals surface area contributed by atoms with Crippen molar-refractivity contribution in [1.29, 1.82) is 0 Å². The van der Waals surface area contributed by atoms with E-state index in [1.807, 2.05) is 0 Å². The van der Waals surface area contributed by atoms with E-state index in [0.29, 0.717) is 0 Å². The average Bonchev–Trinajstić information content (AvgIpc) is 2.65. The summed E-state index contributed by atoms with van der Waals surface area (Å²) < 4.78 is 6.34. The van der Waals surface area contributed by atoms with Gasteiger partial charge in [-0.15, -0.1) is 5.10 Å². The molecule has 2 aromatic rings. The summed E-state index contributed by atoms with van der Waals surface area (Å²) in [5.74, 6) is 0.767. The highest BCUT2D eigenvalue weighted by Crippen LogP contribution is 2.17. The van der Waals surface area contributed by atoms with Gasteiger partial charge in [-0.25, -0.2) is 0 Å². The van der Waals surface area contributed by atoms with Gasteiger partial charge in [0, 0.05) is 0 Å². The van der Waals surface area contributed by atoms with Crippen LogP contribution in [-0.4, -0.2) is 27.2 Å². The van der Waals surface area contributed by atoms with Crippen LogP contribution in [0.1, 0.15) is 0 Å². The smallest absolute Gasteiger partial charge is 0.234 e. The van der Waals surface area contributed by atoms with Gasteiger partial charge in [0.2, 0.25) is 5.88 Å². The zero-order valence-corrected chi connectivity index (χ0v) is 7.58. The monoisotopic (exact) mass is 191 g/mol. The molecule has 0 saturated heterocycles. The molecule has 1 aromatic heterocycles. The summed E-state index contributed by atoms with van der Waals surface area (Å²) in [4.78, 5) is 0. The molecule has 5 nitrogen and oxygen atoms in total. The maximum absolute atomic E-state index is 9.34. The van der Waals surface area contributed by atoms with Crippen LogP contribution in [0.4, 0.5) is 0 Å².